The van der Waals surface area contributed by atoms with E-state index in [1.165, 1.54) is 35.5 Å². The Morgan fingerprint density at radius 3 is 2.67 bits per heavy atom. The quantitative estimate of drug-likeness (QED) is 0.500. The molecule has 0 bridgehead atoms. The van der Waals surface area contributed by atoms with Crippen molar-refractivity contribution < 1.29 is 22.7 Å². The van der Waals surface area contributed by atoms with E-state index in [1.54, 1.807) is 6.92 Å². The number of halogens is 2. The minimum absolute atomic E-state index is 0.190. The van der Waals surface area contributed by atoms with Crippen LogP contribution in [0, 0.1) is 18.8 Å². The molecule has 7 nitrogen and oxygen atoms in total. The van der Waals surface area contributed by atoms with Crippen molar-refractivity contribution in [2.45, 2.75) is 71.1 Å². The molecule has 1 aliphatic heterocycles. The number of Topliss-reactive ketones (excluding diaryl/α,β-unsaturated/α-hetero) is 1. The number of hydrogen-bond donors (Lipinski definition) is 0. The van der Waals surface area contributed by atoms with Gasteiger partial charge in [-0.15, -0.1) is 10.2 Å². The van der Waals surface area contributed by atoms with E-state index < -0.39 is 13.0 Å². The highest BCUT2D eigenvalue weighted by atomic mass is 32.1. The third-order valence-corrected chi connectivity index (χ3v) is 7.73. The maximum Gasteiger partial charge on any atom is 0.273 e. The molecule has 2 aromatic heterocycles. The van der Waals surface area contributed by atoms with Gasteiger partial charge in [0.05, 0.1) is 12.1 Å². The summed E-state index contributed by atoms with van der Waals surface area (Å²) in [5.74, 6) is 2.30. The van der Waals surface area contributed by atoms with Gasteiger partial charge in [0.25, 0.3) is 11.6 Å². The number of fused-ring (bicyclic) bond motifs is 1. The Morgan fingerprint density at radius 1 is 1.18 bits per heavy atom. The number of ether oxygens (including phenoxy) is 1. The van der Waals surface area contributed by atoms with Gasteiger partial charge in [-0.25, -0.2) is 13.8 Å². The number of hydrogen-bond acceptors (Lipinski definition) is 8. The van der Waals surface area contributed by atoms with E-state index >= 15 is 0 Å². The van der Waals surface area contributed by atoms with Crippen LogP contribution in [0.4, 0.5) is 8.78 Å². The van der Waals surface area contributed by atoms with Gasteiger partial charge in [0.15, 0.2) is 6.61 Å². The normalized spacial score (nSPS) is 21.7. The SMILES string of the molecule is Cc1nnc(CC(=O)CC2CCC(CCN3CCc4nc(OCC(F)F)sc4CC3)CC2)o1. The van der Waals surface area contributed by atoms with Gasteiger partial charge in [0, 0.05) is 37.7 Å². The summed E-state index contributed by atoms with van der Waals surface area (Å²) in [6.45, 7) is 4.14. The zero-order chi connectivity index (χ0) is 23.2. The topological polar surface area (TPSA) is 81.4 Å². The van der Waals surface area contributed by atoms with Crippen LogP contribution in [0.25, 0.3) is 0 Å². The van der Waals surface area contributed by atoms with Crippen molar-refractivity contribution in [3.8, 4) is 5.19 Å². The lowest BCUT2D eigenvalue weighted by Crippen LogP contribution is -2.30. The molecule has 0 atom stereocenters. The number of ketones is 1. The molecule has 4 rings (SSSR count). The zero-order valence-electron chi connectivity index (χ0n) is 19.1. The lowest BCUT2D eigenvalue weighted by Gasteiger charge is -2.30. The first-order valence-electron chi connectivity index (χ1n) is 11.9. The van der Waals surface area contributed by atoms with Crippen molar-refractivity contribution in [3.63, 3.8) is 0 Å². The van der Waals surface area contributed by atoms with Gasteiger partial charge in [-0.2, -0.15) is 0 Å². The molecule has 2 aliphatic rings. The summed E-state index contributed by atoms with van der Waals surface area (Å²) in [5, 5.41) is 8.07. The maximum atomic E-state index is 12.3. The molecule has 0 amide bonds. The average molecular weight is 483 g/mol. The fraction of sp³-hybridized carbons (Fsp3) is 0.739. The molecule has 182 valence electrons. The van der Waals surface area contributed by atoms with Crippen LogP contribution in [0.5, 0.6) is 5.19 Å². The summed E-state index contributed by atoms with van der Waals surface area (Å²) in [5.41, 5.74) is 1.01. The van der Waals surface area contributed by atoms with E-state index in [-0.39, 0.29) is 12.2 Å². The summed E-state index contributed by atoms with van der Waals surface area (Å²) in [6.07, 6.45) is 5.92. The Labute approximate surface area is 196 Å². The van der Waals surface area contributed by atoms with Crippen LogP contribution in [0.1, 0.15) is 60.9 Å². The van der Waals surface area contributed by atoms with Crippen LogP contribution in [-0.2, 0) is 24.1 Å². The molecule has 1 saturated carbocycles. The molecule has 0 unspecified atom stereocenters. The standard InChI is InChI=1S/C23H32F2N4O3S/c1-15-27-28-22(32-15)13-18(30)12-17-4-2-16(3-5-17)6-9-29-10-7-19-20(8-11-29)33-23(26-19)31-14-21(24)25/h16-17,21H,2-14H2,1H3. The van der Waals surface area contributed by atoms with Crippen molar-refractivity contribution in [1.29, 1.82) is 0 Å². The summed E-state index contributed by atoms with van der Waals surface area (Å²) in [6, 6.07) is 0. The van der Waals surface area contributed by atoms with E-state index in [2.05, 4.69) is 20.1 Å². The van der Waals surface area contributed by atoms with E-state index in [4.69, 9.17) is 9.15 Å². The van der Waals surface area contributed by atoms with E-state index in [9.17, 15) is 13.6 Å². The summed E-state index contributed by atoms with van der Waals surface area (Å²) in [4.78, 5) is 20.4. The fourth-order valence-corrected chi connectivity index (χ4v) is 5.82. The second-order valence-electron chi connectivity index (χ2n) is 9.20. The van der Waals surface area contributed by atoms with Gasteiger partial charge in [0.2, 0.25) is 11.8 Å². The number of carbonyl (C=O) groups is 1. The molecule has 2 aromatic rings. The molecule has 0 spiro atoms. The predicted octanol–water partition coefficient (Wildman–Crippen LogP) is 4.28. The smallest absolute Gasteiger partial charge is 0.273 e. The van der Waals surface area contributed by atoms with Gasteiger partial charge in [-0.05, 0) is 44.1 Å². The van der Waals surface area contributed by atoms with E-state index in [1.807, 2.05) is 0 Å². The van der Waals surface area contributed by atoms with Gasteiger partial charge in [-0.3, -0.25) is 4.79 Å². The monoisotopic (exact) mass is 482 g/mol. The van der Waals surface area contributed by atoms with E-state index in [0.717, 1.165) is 56.9 Å². The molecule has 0 N–H and O–H groups in total. The number of carbonyl (C=O) groups excluding carboxylic acids is 1. The van der Waals surface area contributed by atoms with Crippen LogP contribution in [0.15, 0.2) is 4.42 Å². The molecule has 3 heterocycles. The predicted molar refractivity (Wildman–Crippen MR) is 120 cm³/mol. The minimum atomic E-state index is -2.47. The van der Waals surface area contributed by atoms with Crippen LogP contribution in [0.2, 0.25) is 0 Å². The Balaban J connectivity index is 1.13. The second-order valence-corrected chi connectivity index (χ2v) is 10.2. The molecular weight excluding hydrogens is 450 g/mol. The lowest BCUT2D eigenvalue weighted by molar-refractivity contribution is -0.119. The molecule has 10 heteroatoms. The van der Waals surface area contributed by atoms with Gasteiger partial charge in [-0.1, -0.05) is 24.2 Å². The van der Waals surface area contributed by atoms with Crippen molar-refractivity contribution in [2.24, 2.45) is 11.8 Å². The molecule has 33 heavy (non-hydrogen) atoms. The van der Waals surface area contributed by atoms with Gasteiger partial charge in [0.1, 0.15) is 5.78 Å². The van der Waals surface area contributed by atoms with Crippen LogP contribution < -0.4 is 4.74 Å². The van der Waals surface area contributed by atoms with Gasteiger partial charge >= 0.3 is 0 Å². The molecule has 1 aliphatic carbocycles. The fourth-order valence-electron chi connectivity index (χ4n) is 4.87. The van der Waals surface area contributed by atoms with E-state index in [0.29, 0.717) is 29.3 Å². The molecule has 0 aromatic carbocycles. The highest BCUT2D eigenvalue weighted by molar-refractivity contribution is 7.13. The van der Waals surface area contributed by atoms with Crippen LogP contribution in [-0.4, -0.2) is 58.5 Å². The largest absolute Gasteiger partial charge is 0.464 e. The summed E-state index contributed by atoms with van der Waals surface area (Å²) < 4.78 is 35.1. The first kappa shape index (κ1) is 24.2. The number of nitrogens with zero attached hydrogens (tertiary/aromatic N) is 4. The summed E-state index contributed by atoms with van der Waals surface area (Å²) >= 11 is 1.41. The second kappa shape index (κ2) is 11.5. The Hall–Kier alpha value is -1.94. The summed E-state index contributed by atoms with van der Waals surface area (Å²) in [7, 11) is 0. The first-order chi connectivity index (χ1) is 15.9. The van der Waals surface area contributed by atoms with Gasteiger partial charge < -0.3 is 14.1 Å². The van der Waals surface area contributed by atoms with Crippen molar-refractivity contribution in [3.05, 3.63) is 22.4 Å². The number of alkyl halides is 2. The zero-order valence-corrected chi connectivity index (χ0v) is 19.9. The molecule has 0 saturated heterocycles. The maximum absolute atomic E-state index is 12.3. The first-order valence-corrected chi connectivity index (χ1v) is 12.7. The number of aryl methyl sites for hydroxylation is 1. The highest BCUT2D eigenvalue weighted by Gasteiger charge is 2.25. The van der Waals surface area contributed by atoms with Crippen molar-refractivity contribution in [2.75, 3.05) is 26.2 Å². The van der Waals surface area contributed by atoms with Crippen molar-refractivity contribution >= 4 is 17.1 Å². The number of aromatic nitrogens is 3. The number of rotatable bonds is 10. The minimum Gasteiger partial charge on any atom is -0.464 e. The highest BCUT2D eigenvalue weighted by Crippen LogP contribution is 2.33. The third-order valence-electron chi connectivity index (χ3n) is 6.66. The number of thiazole rings is 1. The average Bonchev–Trinajstić information content (AvgIpc) is 3.32. The van der Waals surface area contributed by atoms with Crippen LogP contribution in [0.3, 0.4) is 0 Å². The molecular formula is C23H32F2N4O3S. The van der Waals surface area contributed by atoms with Crippen LogP contribution >= 0.6 is 11.3 Å². The lowest BCUT2D eigenvalue weighted by atomic mass is 9.78. The molecule has 0 radical (unpaired) electrons. The Morgan fingerprint density at radius 2 is 1.94 bits per heavy atom. The Kier molecular flexibility index (Phi) is 8.40. The molecule has 1 fully saturated rings. The third kappa shape index (κ3) is 7.27. The van der Waals surface area contributed by atoms with Crippen molar-refractivity contribution in [1.82, 2.24) is 20.1 Å². The Bertz CT molecular complexity index is 886.